The highest BCUT2D eigenvalue weighted by atomic mass is 32.2. The molecule has 0 aliphatic carbocycles. The van der Waals surface area contributed by atoms with Crippen molar-refractivity contribution in [2.75, 3.05) is 19.9 Å². The molecule has 2 atom stereocenters. The van der Waals surface area contributed by atoms with Crippen molar-refractivity contribution in [1.82, 2.24) is 4.31 Å². The van der Waals surface area contributed by atoms with Crippen LogP contribution in [0, 0.1) is 0 Å². The van der Waals surface area contributed by atoms with Gasteiger partial charge in [-0.25, -0.2) is 13.2 Å². The SMILES string of the molecule is C[C@@H]1CN(S(=O)(=O)c2ccc(C(=O)Oc3ccc4c(c3)OCO4)cc2)C[C@H](C)O1. The maximum absolute atomic E-state index is 12.9. The van der Waals surface area contributed by atoms with Gasteiger partial charge in [0.25, 0.3) is 0 Å². The largest absolute Gasteiger partial charge is 0.454 e. The van der Waals surface area contributed by atoms with Gasteiger partial charge in [-0.05, 0) is 50.2 Å². The first-order valence-corrected chi connectivity index (χ1v) is 10.6. The van der Waals surface area contributed by atoms with E-state index in [4.69, 9.17) is 18.9 Å². The number of esters is 1. The summed E-state index contributed by atoms with van der Waals surface area (Å²) in [5.74, 6) is 0.811. The van der Waals surface area contributed by atoms with Gasteiger partial charge in [0.1, 0.15) is 5.75 Å². The zero-order valence-corrected chi connectivity index (χ0v) is 16.8. The van der Waals surface area contributed by atoms with Gasteiger partial charge in [0.05, 0.1) is 22.7 Å². The molecule has 0 aromatic heterocycles. The summed E-state index contributed by atoms with van der Waals surface area (Å²) in [5, 5.41) is 0. The molecular formula is C20H21NO7S. The number of morpholine rings is 1. The molecule has 2 aromatic carbocycles. The minimum absolute atomic E-state index is 0.124. The van der Waals surface area contributed by atoms with Crippen molar-refractivity contribution in [2.45, 2.75) is 31.0 Å². The predicted molar refractivity (Wildman–Crippen MR) is 103 cm³/mol. The number of ether oxygens (including phenoxy) is 4. The molecule has 154 valence electrons. The number of carbonyl (C=O) groups excluding carboxylic acids is 1. The van der Waals surface area contributed by atoms with Crippen LogP contribution in [0.15, 0.2) is 47.4 Å². The lowest BCUT2D eigenvalue weighted by molar-refractivity contribution is -0.0440. The van der Waals surface area contributed by atoms with E-state index < -0.39 is 16.0 Å². The fourth-order valence-electron chi connectivity index (χ4n) is 3.35. The van der Waals surface area contributed by atoms with Crippen LogP contribution in [0.1, 0.15) is 24.2 Å². The summed E-state index contributed by atoms with van der Waals surface area (Å²) in [5.41, 5.74) is 0.241. The molecule has 1 saturated heterocycles. The number of carbonyl (C=O) groups is 1. The molecule has 1 fully saturated rings. The highest BCUT2D eigenvalue weighted by molar-refractivity contribution is 7.89. The Kier molecular flexibility index (Phi) is 5.20. The lowest BCUT2D eigenvalue weighted by Gasteiger charge is -2.34. The lowest BCUT2D eigenvalue weighted by atomic mass is 10.2. The number of nitrogens with zero attached hydrogens (tertiary/aromatic N) is 1. The Bertz CT molecular complexity index is 1010. The van der Waals surface area contributed by atoms with Crippen molar-refractivity contribution >= 4 is 16.0 Å². The molecule has 29 heavy (non-hydrogen) atoms. The third-order valence-electron chi connectivity index (χ3n) is 4.67. The van der Waals surface area contributed by atoms with E-state index in [2.05, 4.69) is 0 Å². The van der Waals surface area contributed by atoms with Crippen molar-refractivity contribution in [3.8, 4) is 17.2 Å². The number of sulfonamides is 1. The summed E-state index contributed by atoms with van der Waals surface area (Å²) >= 11 is 0. The van der Waals surface area contributed by atoms with Crippen LogP contribution >= 0.6 is 0 Å². The summed E-state index contributed by atoms with van der Waals surface area (Å²) in [6.07, 6.45) is -0.353. The maximum Gasteiger partial charge on any atom is 0.343 e. The van der Waals surface area contributed by atoms with Crippen LogP contribution in [0.25, 0.3) is 0 Å². The van der Waals surface area contributed by atoms with Crippen molar-refractivity contribution in [2.24, 2.45) is 0 Å². The van der Waals surface area contributed by atoms with Gasteiger partial charge in [0.2, 0.25) is 16.8 Å². The van der Waals surface area contributed by atoms with Crippen molar-refractivity contribution < 1.29 is 32.2 Å². The van der Waals surface area contributed by atoms with E-state index in [1.54, 1.807) is 18.2 Å². The van der Waals surface area contributed by atoms with E-state index in [0.29, 0.717) is 30.3 Å². The molecule has 0 bridgehead atoms. The van der Waals surface area contributed by atoms with Crippen LogP contribution in [-0.4, -0.2) is 50.8 Å². The van der Waals surface area contributed by atoms with E-state index >= 15 is 0 Å². The minimum Gasteiger partial charge on any atom is -0.454 e. The molecule has 0 saturated carbocycles. The van der Waals surface area contributed by atoms with Crippen LogP contribution in [0.4, 0.5) is 0 Å². The Morgan fingerprint density at radius 2 is 1.66 bits per heavy atom. The summed E-state index contributed by atoms with van der Waals surface area (Å²) in [6, 6.07) is 10.5. The van der Waals surface area contributed by atoms with E-state index in [1.165, 1.54) is 28.6 Å². The van der Waals surface area contributed by atoms with Gasteiger partial charge >= 0.3 is 5.97 Å². The molecular weight excluding hydrogens is 398 g/mol. The average Bonchev–Trinajstić information content (AvgIpc) is 3.15. The second-order valence-electron chi connectivity index (χ2n) is 7.01. The molecule has 2 aromatic rings. The fraction of sp³-hybridized carbons (Fsp3) is 0.350. The molecule has 0 spiro atoms. The highest BCUT2D eigenvalue weighted by Crippen LogP contribution is 2.35. The Morgan fingerprint density at radius 1 is 1.00 bits per heavy atom. The zero-order valence-electron chi connectivity index (χ0n) is 16.0. The van der Waals surface area contributed by atoms with Crippen molar-refractivity contribution in [3.63, 3.8) is 0 Å². The summed E-state index contributed by atoms with van der Waals surface area (Å²) in [4.78, 5) is 12.5. The number of hydrogen-bond acceptors (Lipinski definition) is 7. The van der Waals surface area contributed by atoms with Crippen molar-refractivity contribution in [1.29, 1.82) is 0 Å². The van der Waals surface area contributed by atoms with E-state index in [9.17, 15) is 13.2 Å². The molecule has 9 heteroatoms. The van der Waals surface area contributed by atoms with Gasteiger partial charge in [-0.15, -0.1) is 0 Å². The highest BCUT2D eigenvalue weighted by Gasteiger charge is 2.32. The quantitative estimate of drug-likeness (QED) is 0.555. The standard InChI is InChI=1S/C20H21NO7S/c1-13-10-21(11-14(2)27-13)29(23,24)17-6-3-15(4-7-17)20(22)28-16-5-8-18-19(9-16)26-12-25-18/h3-9,13-14H,10-12H2,1-2H3/t13-,14+. The average molecular weight is 419 g/mol. The number of benzene rings is 2. The van der Waals surface area contributed by atoms with Gasteiger partial charge in [-0.3, -0.25) is 0 Å². The smallest absolute Gasteiger partial charge is 0.343 e. The minimum atomic E-state index is -3.67. The second kappa shape index (κ2) is 7.66. The summed E-state index contributed by atoms with van der Waals surface area (Å²) < 4.78 is 48.6. The maximum atomic E-state index is 12.9. The van der Waals surface area contributed by atoms with Crippen LogP contribution in [0.5, 0.6) is 17.2 Å². The van der Waals surface area contributed by atoms with Gasteiger partial charge in [-0.1, -0.05) is 0 Å². The molecule has 2 aliphatic rings. The van der Waals surface area contributed by atoms with Crippen LogP contribution < -0.4 is 14.2 Å². The Morgan fingerprint density at radius 3 is 2.34 bits per heavy atom. The van der Waals surface area contributed by atoms with Crippen molar-refractivity contribution in [3.05, 3.63) is 48.0 Å². The Hall–Kier alpha value is -2.62. The van der Waals surface area contributed by atoms with Gasteiger partial charge in [0.15, 0.2) is 11.5 Å². The molecule has 4 rings (SSSR count). The van der Waals surface area contributed by atoms with E-state index in [0.717, 1.165) is 0 Å². The Labute approximate surface area is 169 Å². The first kappa shape index (κ1) is 19.7. The molecule has 0 N–H and O–H groups in total. The Balaban J connectivity index is 1.47. The number of rotatable bonds is 4. The van der Waals surface area contributed by atoms with Crippen LogP contribution in [0.3, 0.4) is 0 Å². The number of hydrogen-bond donors (Lipinski definition) is 0. The van der Waals surface area contributed by atoms with Crippen LogP contribution in [-0.2, 0) is 14.8 Å². The second-order valence-corrected chi connectivity index (χ2v) is 8.95. The van der Waals surface area contributed by atoms with Gasteiger partial charge < -0.3 is 18.9 Å². The molecule has 2 heterocycles. The molecule has 8 nitrogen and oxygen atoms in total. The zero-order chi connectivity index (χ0) is 20.6. The number of fused-ring (bicyclic) bond motifs is 1. The molecule has 2 aliphatic heterocycles. The molecule has 0 radical (unpaired) electrons. The predicted octanol–water partition coefficient (Wildman–Crippen LogP) is 2.43. The monoisotopic (exact) mass is 419 g/mol. The van der Waals surface area contributed by atoms with E-state index in [1.807, 2.05) is 13.8 Å². The lowest BCUT2D eigenvalue weighted by Crippen LogP contribution is -2.48. The first-order chi connectivity index (χ1) is 13.8. The third kappa shape index (κ3) is 4.07. The van der Waals surface area contributed by atoms with Gasteiger partial charge in [-0.2, -0.15) is 4.31 Å². The topological polar surface area (TPSA) is 91.4 Å². The third-order valence-corrected chi connectivity index (χ3v) is 6.51. The summed E-state index contributed by atoms with van der Waals surface area (Å²) in [6.45, 7) is 4.39. The first-order valence-electron chi connectivity index (χ1n) is 9.20. The molecule has 0 unspecified atom stereocenters. The van der Waals surface area contributed by atoms with E-state index in [-0.39, 0.29) is 29.5 Å². The summed E-state index contributed by atoms with van der Waals surface area (Å²) in [7, 11) is -3.67. The van der Waals surface area contributed by atoms with Gasteiger partial charge in [0, 0.05) is 19.2 Å². The van der Waals surface area contributed by atoms with Crippen LogP contribution in [0.2, 0.25) is 0 Å². The normalized spacial score (nSPS) is 21.7. The fourth-order valence-corrected chi connectivity index (χ4v) is 4.94. The molecule has 0 amide bonds.